The van der Waals surface area contributed by atoms with Crippen LogP contribution in [0, 0.1) is 0 Å². The summed E-state index contributed by atoms with van der Waals surface area (Å²) in [7, 11) is 0. The molecule has 0 aliphatic rings. The summed E-state index contributed by atoms with van der Waals surface area (Å²) in [6.07, 6.45) is 6.15. The van der Waals surface area contributed by atoms with Gasteiger partial charge in [0.15, 0.2) is 0 Å². The molecule has 3 rings (SSSR count). The second-order valence-corrected chi connectivity index (χ2v) is 4.56. The lowest BCUT2D eigenvalue weighted by Crippen LogP contribution is -2.01. The Morgan fingerprint density at radius 2 is 2.20 bits per heavy atom. The van der Waals surface area contributed by atoms with Gasteiger partial charge in [-0.3, -0.25) is 4.98 Å². The summed E-state index contributed by atoms with van der Waals surface area (Å²) >= 11 is 0. The number of aromatic nitrogens is 3. The number of pyridine rings is 1. The van der Waals surface area contributed by atoms with Crippen LogP contribution in [0.1, 0.15) is 15.9 Å². The molecular weight excluding hydrogens is 254 g/mol. The molecule has 5 nitrogen and oxygen atoms in total. The largest absolute Gasteiger partial charge is 0.478 e. The lowest BCUT2D eigenvalue weighted by atomic mass is 10.2. The van der Waals surface area contributed by atoms with Gasteiger partial charge in [0.2, 0.25) is 0 Å². The number of benzene rings is 1. The molecule has 100 valence electrons. The number of hydrogen-bond acceptors (Lipinski definition) is 3. The van der Waals surface area contributed by atoms with Gasteiger partial charge in [-0.1, -0.05) is 6.07 Å². The number of aryl methyl sites for hydroxylation is 2. The van der Waals surface area contributed by atoms with E-state index >= 15 is 0 Å². The summed E-state index contributed by atoms with van der Waals surface area (Å²) in [6.45, 7) is 0.741. The van der Waals surface area contributed by atoms with E-state index in [4.69, 9.17) is 5.11 Å². The second kappa shape index (κ2) is 5.13. The molecule has 0 saturated heterocycles. The van der Waals surface area contributed by atoms with Gasteiger partial charge in [-0.25, -0.2) is 9.78 Å². The zero-order valence-electron chi connectivity index (χ0n) is 10.7. The predicted molar refractivity (Wildman–Crippen MR) is 74.6 cm³/mol. The van der Waals surface area contributed by atoms with E-state index in [-0.39, 0.29) is 5.56 Å². The van der Waals surface area contributed by atoms with Crippen molar-refractivity contribution < 1.29 is 9.90 Å². The molecule has 0 fully saturated rings. The van der Waals surface area contributed by atoms with Gasteiger partial charge in [-0.15, -0.1) is 0 Å². The van der Waals surface area contributed by atoms with Crippen LogP contribution >= 0.6 is 0 Å². The van der Waals surface area contributed by atoms with Gasteiger partial charge >= 0.3 is 5.97 Å². The molecule has 0 aliphatic carbocycles. The first-order valence-electron chi connectivity index (χ1n) is 6.31. The number of aromatic carboxylic acids is 1. The van der Waals surface area contributed by atoms with E-state index < -0.39 is 5.97 Å². The average Bonchev–Trinajstić information content (AvgIpc) is 2.88. The van der Waals surface area contributed by atoms with Gasteiger partial charge < -0.3 is 9.67 Å². The molecule has 0 spiro atoms. The lowest BCUT2D eigenvalue weighted by Gasteiger charge is -2.04. The van der Waals surface area contributed by atoms with Crippen LogP contribution in [0.15, 0.2) is 49.1 Å². The van der Waals surface area contributed by atoms with Crippen molar-refractivity contribution >= 4 is 17.0 Å². The first-order valence-corrected chi connectivity index (χ1v) is 6.31. The fourth-order valence-electron chi connectivity index (χ4n) is 2.16. The molecule has 0 aliphatic heterocycles. The van der Waals surface area contributed by atoms with Crippen molar-refractivity contribution in [1.82, 2.24) is 14.5 Å². The maximum Gasteiger partial charge on any atom is 0.335 e. The summed E-state index contributed by atoms with van der Waals surface area (Å²) in [5.41, 5.74) is 3.07. The molecule has 1 aromatic carbocycles. The van der Waals surface area contributed by atoms with E-state index in [1.54, 1.807) is 30.7 Å². The first kappa shape index (κ1) is 12.3. The third kappa shape index (κ3) is 2.38. The third-order valence-corrected chi connectivity index (χ3v) is 3.23. The molecule has 1 N–H and O–H groups in total. The van der Waals surface area contributed by atoms with Crippen LogP contribution in [0.4, 0.5) is 0 Å². The van der Waals surface area contributed by atoms with Crippen LogP contribution in [0.25, 0.3) is 11.0 Å². The number of nitrogens with zero attached hydrogens (tertiary/aromatic N) is 3. The maximum absolute atomic E-state index is 11.0. The van der Waals surface area contributed by atoms with E-state index in [0.29, 0.717) is 0 Å². The van der Waals surface area contributed by atoms with E-state index in [1.165, 1.54) is 0 Å². The molecule has 2 heterocycles. The zero-order valence-corrected chi connectivity index (χ0v) is 10.7. The third-order valence-electron chi connectivity index (χ3n) is 3.23. The van der Waals surface area contributed by atoms with Crippen molar-refractivity contribution in [2.45, 2.75) is 13.0 Å². The van der Waals surface area contributed by atoms with Gasteiger partial charge in [0, 0.05) is 18.9 Å². The summed E-state index contributed by atoms with van der Waals surface area (Å²) in [5, 5.41) is 9.04. The summed E-state index contributed by atoms with van der Waals surface area (Å²) in [6, 6.07) is 8.90. The molecular formula is C15H13N3O2. The fourth-order valence-corrected chi connectivity index (χ4v) is 2.16. The molecule has 20 heavy (non-hydrogen) atoms. The number of imidazole rings is 1. The highest BCUT2D eigenvalue weighted by Crippen LogP contribution is 2.16. The van der Waals surface area contributed by atoms with Gasteiger partial charge in [0.1, 0.15) is 0 Å². The molecule has 0 atom stereocenters. The SMILES string of the molecule is O=C(O)c1ccc2ncn(CCc3cccnc3)c2c1. The molecule has 3 aromatic rings. The molecule has 0 amide bonds. The first-order chi connectivity index (χ1) is 9.74. The van der Waals surface area contributed by atoms with Crippen molar-refractivity contribution in [2.75, 3.05) is 0 Å². The van der Waals surface area contributed by atoms with E-state index in [9.17, 15) is 4.79 Å². The monoisotopic (exact) mass is 267 g/mol. The van der Waals surface area contributed by atoms with E-state index in [2.05, 4.69) is 9.97 Å². The van der Waals surface area contributed by atoms with Gasteiger partial charge in [0.25, 0.3) is 0 Å². The summed E-state index contributed by atoms with van der Waals surface area (Å²) < 4.78 is 1.97. The van der Waals surface area contributed by atoms with E-state index in [0.717, 1.165) is 29.6 Å². The Kier molecular flexibility index (Phi) is 3.16. The maximum atomic E-state index is 11.0. The van der Waals surface area contributed by atoms with Crippen molar-refractivity contribution in [3.8, 4) is 0 Å². The van der Waals surface area contributed by atoms with Gasteiger partial charge in [-0.2, -0.15) is 0 Å². The van der Waals surface area contributed by atoms with Gasteiger partial charge in [0.05, 0.1) is 22.9 Å². The number of hydrogen-bond donors (Lipinski definition) is 1. The smallest absolute Gasteiger partial charge is 0.335 e. The average molecular weight is 267 g/mol. The Labute approximate surface area is 115 Å². The quantitative estimate of drug-likeness (QED) is 0.788. The number of carboxylic acids is 1. The molecule has 0 unspecified atom stereocenters. The molecule has 0 saturated carbocycles. The molecule has 0 bridgehead atoms. The van der Waals surface area contributed by atoms with E-state index in [1.807, 2.05) is 22.9 Å². The summed E-state index contributed by atoms with van der Waals surface area (Å²) in [4.78, 5) is 19.4. The Morgan fingerprint density at radius 1 is 1.30 bits per heavy atom. The van der Waals surface area contributed by atoms with Crippen molar-refractivity contribution in [1.29, 1.82) is 0 Å². The fraction of sp³-hybridized carbons (Fsp3) is 0.133. The van der Waals surface area contributed by atoms with Crippen LogP contribution < -0.4 is 0 Å². The standard InChI is InChI=1S/C15H13N3O2/c19-15(20)12-3-4-13-14(8-12)18(10-17-13)7-5-11-2-1-6-16-9-11/h1-4,6,8-10H,5,7H2,(H,19,20). The van der Waals surface area contributed by atoms with Crippen LogP contribution in [0.5, 0.6) is 0 Å². The minimum Gasteiger partial charge on any atom is -0.478 e. The molecule has 5 heteroatoms. The van der Waals surface area contributed by atoms with Crippen LogP contribution in [0.3, 0.4) is 0 Å². The molecule has 0 radical (unpaired) electrons. The van der Waals surface area contributed by atoms with Crippen LogP contribution in [-0.2, 0) is 13.0 Å². The Morgan fingerprint density at radius 3 is 2.95 bits per heavy atom. The zero-order chi connectivity index (χ0) is 13.9. The second-order valence-electron chi connectivity index (χ2n) is 4.56. The molecule has 2 aromatic heterocycles. The van der Waals surface area contributed by atoms with Gasteiger partial charge in [-0.05, 0) is 36.2 Å². The lowest BCUT2D eigenvalue weighted by molar-refractivity contribution is 0.0697. The Bertz CT molecular complexity index is 750. The van der Waals surface area contributed by atoms with Crippen LogP contribution in [0.2, 0.25) is 0 Å². The van der Waals surface area contributed by atoms with Crippen LogP contribution in [-0.4, -0.2) is 25.6 Å². The normalized spacial score (nSPS) is 10.8. The number of carboxylic acid groups (broad SMARTS) is 1. The highest BCUT2D eigenvalue weighted by atomic mass is 16.4. The highest BCUT2D eigenvalue weighted by molar-refractivity contribution is 5.92. The minimum atomic E-state index is -0.924. The summed E-state index contributed by atoms with van der Waals surface area (Å²) in [5.74, 6) is -0.924. The number of fused-ring (bicyclic) bond motifs is 1. The topological polar surface area (TPSA) is 68.0 Å². The van der Waals surface area contributed by atoms with Crippen molar-refractivity contribution in [3.05, 3.63) is 60.2 Å². The predicted octanol–water partition coefficient (Wildman–Crippen LogP) is 2.37. The number of rotatable bonds is 4. The minimum absolute atomic E-state index is 0.278. The Balaban J connectivity index is 1.88. The van der Waals surface area contributed by atoms with Crippen molar-refractivity contribution in [3.63, 3.8) is 0 Å². The number of carbonyl (C=O) groups is 1. The van der Waals surface area contributed by atoms with Crippen molar-refractivity contribution in [2.24, 2.45) is 0 Å². The highest BCUT2D eigenvalue weighted by Gasteiger charge is 2.08. The Hall–Kier alpha value is -2.69.